The molecule has 0 aromatic heterocycles. The first-order valence-electron chi connectivity index (χ1n) is 9.43. The van der Waals surface area contributed by atoms with Crippen LogP contribution in [-0.4, -0.2) is 59.5 Å². The smallest absolute Gasteiger partial charge is 0.368 e. The van der Waals surface area contributed by atoms with Gasteiger partial charge in [0.1, 0.15) is 5.60 Å². The number of esters is 1. The van der Waals surface area contributed by atoms with Gasteiger partial charge in [-0.15, -0.1) is 0 Å². The molecule has 2 saturated heterocycles. The number of Topliss-reactive ketones (excluding diaryl/α,β-unsaturated/α-hetero) is 1. The highest BCUT2D eigenvalue weighted by molar-refractivity contribution is 6.74. The van der Waals surface area contributed by atoms with Crippen LogP contribution in [0.1, 0.15) is 54.9 Å². The van der Waals surface area contributed by atoms with Crippen LogP contribution in [-0.2, 0) is 23.5 Å². The Morgan fingerprint density at radius 3 is 2.19 bits per heavy atom. The highest BCUT2D eigenvalue weighted by Crippen LogP contribution is 2.47. The zero-order valence-corrected chi connectivity index (χ0v) is 18.9. The lowest BCUT2D eigenvalue weighted by Gasteiger charge is -2.50. The zero-order valence-electron chi connectivity index (χ0n) is 17.9. The molecule has 1 unspecified atom stereocenters. The summed E-state index contributed by atoms with van der Waals surface area (Å²) in [6.07, 6.45) is -0.467. The van der Waals surface area contributed by atoms with Crippen LogP contribution in [0.15, 0.2) is 0 Å². The molecule has 2 rings (SSSR count). The normalized spacial score (nSPS) is 30.1. The van der Waals surface area contributed by atoms with Crippen molar-refractivity contribution in [2.24, 2.45) is 5.92 Å². The third-order valence-electron chi connectivity index (χ3n) is 5.88. The van der Waals surface area contributed by atoms with E-state index in [1.165, 1.54) is 0 Å². The second kappa shape index (κ2) is 6.39. The second-order valence-electron chi connectivity index (χ2n) is 10.2. The maximum Gasteiger partial charge on any atom is 0.368 e. The molecular formula is C19H33NO6Si. The molecule has 0 aliphatic carbocycles. The van der Waals surface area contributed by atoms with Crippen LogP contribution in [0.3, 0.4) is 0 Å². The number of hydrogen-bond acceptors (Lipinski definition) is 6. The Balaban J connectivity index is 2.20. The molecule has 2 aliphatic heterocycles. The third-order valence-corrected chi connectivity index (χ3v) is 10.5. The summed E-state index contributed by atoms with van der Waals surface area (Å²) in [5, 5.41) is 10.7. The lowest BCUT2D eigenvalue weighted by molar-refractivity contribution is -0.214. The minimum atomic E-state index is -2.53. The maximum atomic E-state index is 12.8. The van der Waals surface area contributed by atoms with E-state index >= 15 is 0 Å². The minimum absolute atomic E-state index is 0.0174. The van der Waals surface area contributed by atoms with Crippen molar-refractivity contribution in [3.8, 4) is 0 Å². The molecule has 27 heavy (non-hydrogen) atoms. The number of carbonyl (C=O) groups excluding carboxylic acids is 3. The van der Waals surface area contributed by atoms with Gasteiger partial charge in [0.2, 0.25) is 5.91 Å². The summed E-state index contributed by atoms with van der Waals surface area (Å²) in [5.74, 6) is -2.77. The summed E-state index contributed by atoms with van der Waals surface area (Å²) < 4.78 is 11.5. The number of amides is 1. The monoisotopic (exact) mass is 399 g/mol. The number of nitrogens with zero attached hydrogens (tertiary/aromatic N) is 1. The molecule has 4 atom stereocenters. The van der Waals surface area contributed by atoms with Crippen LogP contribution in [0.2, 0.25) is 18.1 Å². The summed E-state index contributed by atoms with van der Waals surface area (Å²) in [6.45, 7) is 17.3. The van der Waals surface area contributed by atoms with Gasteiger partial charge in [-0.1, -0.05) is 20.8 Å². The van der Waals surface area contributed by atoms with Crippen LogP contribution in [0.25, 0.3) is 0 Å². The zero-order chi connectivity index (χ0) is 21.2. The van der Waals surface area contributed by atoms with Crippen molar-refractivity contribution in [3.05, 3.63) is 0 Å². The molecule has 154 valence electrons. The van der Waals surface area contributed by atoms with Gasteiger partial charge in [-0.05, 0) is 45.8 Å². The molecule has 7 nitrogen and oxygen atoms in total. The van der Waals surface area contributed by atoms with Gasteiger partial charge in [-0.25, -0.2) is 4.79 Å². The molecule has 0 aromatic rings. The van der Waals surface area contributed by atoms with Crippen molar-refractivity contribution in [1.82, 2.24) is 4.90 Å². The molecule has 0 saturated carbocycles. The van der Waals surface area contributed by atoms with E-state index in [1.807, 2.05) is 6.92 Å². The van der Waals surface area contributed by atoms with E-state index in [0.29, 0.717) is 0 Å². The SMILES string of the molecule is C[C@@H](O[Si](C)(C)C(C)(C)C)[C@H]1C(=O)N2[C@@H]1CC(=O)C2(O)C(=O)OC(C)(C)C. The minimum Gasteiger partial charge on any atom is -0.456 e. The van der Waals surface area contributed by atoms with Crippen LogP contribution in [0.4, 0.5) is 0 Å². The predicted octanol–water partition coefficient (Wildman–Crippen LogP) is 2.23. The second-order valence-corrected chi connectivity index (χ2v) is 14.9. The van der Waals surface area contributed by atoms with Crippen molar-refractivity contribution >= 4 is 26.0 Å². The van der Waals surface area contributed by atoms with Crippen molar-refractivity contribution in [3.63, 3.8) is 0 Å². The standard InChI is InChI=1S/C19H33NO6Si/c1-11(26-27(8,9)18(5,6)7)14-12-10-13(21)19(24,20(12)15(14)22)16(23)25-17(2,3)4/h11-12,14,24H,10H2,1-9H3/t11-,12-,14-,19?/m1/s1. The third kappa shape index (κ3) is 3.59. The first-order valence-corrected chi connectivity index (χ1v) is 12.3. The van der Waals surface area contributed by atoms with Crippen molar-refractivity contribution in [1.29, 1.82) is 0 Å². The molecule has 0 bridgehead atoms. The van der Waals surface area contributed by atoms with Gasteiger partial charge in [0.15, 0.2) is 14.1 Å². The van der Waals surface area contributed by atoms with Crippen molar-refractivity contribution in [2.45, 2.75) is 96.5 Å². The number of carbonyl (C=O) groups is 3. The molecule has 1 amide bonds. The average molecular weight is 400 g/mol. The quantitative estimate of drug-likeness (QED) is 0.337. The lowest BCUT2D eigenvalue weighted by Crippen LogP contribution is -2.71. The molecular weight excluding hydrogens is 366 g/mol. The number of hydrogen-bond donors (Lipinski definition) is 1. The fraction of sp³-hybridized carbons (Fsp3) is 0.842. The lowest BCUT2D eigenvalue weighted by atomic mass is 9.84. The number of rotatable bonds is 4. The van der Waals surface area contributed by atoms with E-state index in [4.69, 9.17) is 9.16 Å². The van der Waals surface area contributed by atoms with Gasteiger partial charge in [0, 0.05) is 6.42 Å². The fourth-order valence-electron chi connectivity index (χ4n) is 3.44. The van der Waals surface area contributed by atoms with Gasteiger partial charge >= 0.3 is 11.7 Å². The number of ketones is 1. The van der Waals surface area contributed by atoms with Crippen molar-refractivity contribution < 1.29 is 28.7 Å². The number of aliphatic hydroxyl groups is 1. The van der Waals surface area contributed by atoms with Crippen molar-refractivity contribution in [2.75, 3.05) is 0 Å². The largest absolute Gasteiger partial charge is 0.456 e. The highest BCUT2D eigenvalue weighted by Gasteiger charge is 2.70. The molecule has 0 aromatic carbocycles. The Labute approximate surface area is 162 Å². The Kier molecular flexibility index (Phi) is 5.21. The van der Waals surface area contributed by atoms with E-state index in [2.05, 4.69) is 33.9 Å². The van der Waals surface area contributed by atoms with Crippen LogP contribution < -0.4 is 0 Å². The Hall–Kier alpha value is -1.25. The Bertz CT molecular complexity index is 662. The molecule has 2 aliphatic rings. The van der Waals surface area contributed by atoms with Crippen LogP contribution in [0, 0.1) is 5.92 Å². The first-order chi connectivity index (χ1) is 11.9. The molecule has 8 heteroatoms. The van der Waals surface area contributed by atoms with E-state index in [-0.39, 0.29) is 11.5 Å². The van der Waals surface area contributed by atoms with Crippen LogP contribution in [0.5, 0.6) is 0 Å². The topological polar surface area (TPSA) is 93.1 Å². The summed E-state index contributed by atoms with van der Waals surface area (Å²) in [6, 6.07) is -0.540. The van der Waals surface area contributed by atoms with E-state index < -0.39 is 55.4 Å². The van der Waals surface area contributed by atoms with E-state index in [0.717, 1.165) is 4.90 Å². The molecule has 0 radical (unpaired) electrons. The summed E-state index contributed by atoms with van der Waals surface area (Å²) in [5.41, 5.74) is -3.40. The van der Waals surface area contributed by atoms with Crippen LogP contribution >= 0.6 is 0 Å². The Morgan fingerprint density at radius 1 is 1.22 bits per heavy atom. The number of ether oxygens (including phenoxy) is 1. The first kappa shape index (κ1) is 22.0. The fourth-order valence-corrected chi connectivity index (χ4v) is 4.87. The maximum absolute atomic E-state index is 12.8. The molecule has 1 N–H and O–H groups in total. The summed E-state index contributed by atoms with van der Waals surface area (Å²) in [7, 11) is -2.10. The molecule has 2 fully saturated rings. The van der Waals surface area contributed by atoms with E-state index in [9.17, 15) is 19.5 Å². The number of fused-ring (bicyclic) bond motifs is 1. The summed E-state index contributed by atoms with van der Waals surface area (Å²) >= 11 is 0. The van der Waals surface area contributed by atoms with E-state index in [1.54, 1.807) is 20.8 Å². The van der Waals surface area contributed by atoms with Gasteiger partial charge in [-0.2, -0.15) is 0 Å². The number of β-lactam (4-membered cyclic amide) rings is 1. The molecule has 2 heterocycles. The summed E-state index contributed by atoms with van der Waals surface area (Å²) in [4.78, 5) is 38.7. The Morgan fingerprint density at radius 2 is 1.74 bits per heavy atom. The van der Waals surface area contributed by atoms with Gasteiger partial charge < -0.3 is 14.3 Å². The average Bonchev–Trinajstić information content (AvgIpc) is 2.64. The highest BCUT2D eigenvalue weighted by atomic mass is 28.4. The van der Waals surface area contributed by atoms with Gasteiger partial charge in [0.05, 0.1) is 18.1 Å². The predicted molar refractivity (Wildman–Crippen MR) is 102 cm³/mol. The molecule has 0 spiro atoms. The van der Waals surface area contributed by atoms with Gasteiger partial charge in [-0.3, -0.25) is 14.5 Å². The van der Waals surface area contributed by atoms with Gasteiger partial charge in [0.25, 0.3) is 0 Å².